The predicted molar refractivity (Wildman–Crippen MR) is 95.9 cm³/mol. The zero-order chi connectivity index (χ0) is 19.9. The molecule has 2 rings (SSSR count). The molecule has 0 saturated carbocycles. The maximum Gasteiger partial charge on any atom is 0.417 e. The quantitative estimate of drug-likeness (QED) is 0.510. The fourth-order valence-corrected chi connectivity index (χ4v) is 3.52. The van der Waals surface area contributed by atoms with Gasteiger partial charge in [0, 0.05) is 19.3 Å². The average Bonchev–Trinajstić information content (AvgIpc) is 2.63. The summed E-state index contributed by atoms with van der Waals surface area (Å²) in [5.74, 6) is -0.468. The summed E-state index contributed by atoms with van der Waals surface area (Å²) >= 11 is 1.09. The fraction of sp³-hybridized carbons (Fsp3) is 0.588. The number of likely N-dealkylation sites (tertiary alicyclic amines) is 1. The standard InChI is InChI=1S/C17H23F3N4O2S/c18-17(19,20)13-4-5-15(23-9-13)27-11-14(25)22-6-2-8-24-7-1-3-12(10-24)16(21)26/h4-5,9,12H,1-3,6-8,10-11H2,(H2,21,26)(H,22,25). The van der Waals surface area contributed by atoms with Gasteiger partial charge in [0.1, 0.15) is 0 Å². The van der Waals surface area contributed by atoms with E-state index in [1.54, 1.807) is 0 Å². The Hall–Kier alpha value is -1.81. The highest BCUT2D eigenvalue weighted by molar-refractivity contribution is 7.99. The van der Waals surface area contributed by atoms with E-state index in [9.17, 15) is 22.8 Å². The van der Waals surface area contributed by atoms with Crippen LogP contribution in [0.25, 0.3) is 0 Å². The minimum absolute atomic E-state index is 0.0891. The lowest BCUT2D eigenvalue weighted by Gasteiger charge is -2.31. The predicted octanol–water partition coefficient (Wildman–Crippen LogP) is 1.90. The SMILES string of the molecule is NC(=O)C1CCCN(CCCNC(=O)CSc2ccc(C(F)(F)F)cn2)C1. The molecule has 27 heavy (non-hydrogen) atoms. The number of amides is 2. The first-order valence-electron chi connectivity index (χ1n) is 8.70. The second-order valence-electron chi connectivity index (χ2n) is 6.42. The van der Waals surface area contributed by atoms with Gasteiger partial charge in [-0.15, -0.1) is 0 Å². The van der Waals surface area contributed by atoms with Crippen LogP contribution >= 0.6 is 11.8 Å². The van der Waals surface area contributed by atoms with Crippen LogP contribution in [0, 0.1) is 5.92 Å². The number of carbonyl (C=O) groups excluding carboxylic acids is 2. The van der Waals surface area contributed by atoms with Crippen molar-refractivity contribution in [3.63, 3.8) is 0 Å². The van der Waals surface area contributed by atoms with Crippen molar-refractivity contribution in [3.8, 4) is 0 Å². The maximum atomic E-state index is 12.5. The number of hydrogen-bond donors (Lipinski definition) is 2. The van der Waals surface area contributed by atoms with Crippen LogP contribution in [-0.2, 0) is 15.8 Å². The Balaban J connectivity index is 1.62. The van der Waals surface area contributed by atoms with Gasteiger partial charge in [-0.25, -0.2) is 4.98 Å². The molecule has 1 unspecified atom stereocenters. The Bertz CT molecular complexity index is 640. The van der Waals surface area contributed by atoms with Crippen LogP contribution in [0.15, 0.2) is 23.4 Å². The highest BCUT2D eigenvalue weighted by Gasteiger charge is 2.30. The summed E-state index contributed by atoms with van der Waals surface area (Å²) in [5.41, 5.74) is 4.54. The van der Waals surface area contributed by atoms with E-state index < -0.39 is 11.7 Å². The summed E-state index contributed by atoms with van der Waals surface area (Å²) < 4.78 is 37.4. The van der Waals surface area contributed by atoms with Gasteiger partial charge in [-0.05, 0) is 44.5 Å². The first-order valence-corrected chi connectivity index (χ1v) is 9.68. The van der Waals surface area contributed by atoms with Gasteiger partial charge < -0.3 is 16.0 Å². The van der Waals surface area contributed by atoms with Gasteiger partial charge in [-0.3, -0.25) is 9.59 Å². The monoisotopic (exact) mass is 404 g/mol. The Morgan fingerprint density at radius 2 is 2.15 bits per heavy atom. The van der Waals surface area contributed by atoms with Gasteiger partial charge in [0.15, 0.2) is 0 Å². The van der Waals surface area contributed by atoms with Gasteiger partial charge in [-0.1, -0.05) is 11.8 Å². The zero-order valence-corrected chi connectivity index (χ0v) is 15.6. The number of rotatable bonds is 8. The second-order valence-corrected chi connectivity index (χ2v) is 7.41. The average molecular weight is 404 g/mol. The van der Waals surface area contributed by atoms with Crippen LogP contribution in [-0.4, -0.2) is 53.6 Å². The van der Waals surface area contributed by atoms with E-state index in [1.807, 2.05) is 0 Å². The van der Waals surface area contributed by atoms with Crippen LogP contribution < -0.4 is 11.1 Å². The molecular formula is C17H23F3N4O2S. The molecule has 3 N–H and O–H groups in total. The number of nitrogens with two attached hydrogens (primary N) is 1. The molecule has 10 heteroatoms. The van der Waals surface area contributed by atoms with E-state index in [-0.39, 0.29) is 23.5 Å². The third kappa shape index (κ3) is 7.37. The number of aromatic nitrogens is 1. The fourth-order valence-electron chi connectivity index (χ4n) is 2.85. The largest absolute Gasteiger partial charge is 0.417 e. The number of alkyl halides is 3. The number of nitrogens with one attached hydrogen (secondary N) is 1. The first kappa shape index (κ1) is 21.5. The molecule has 150 valence electrons. The van der Waals surface area contributed by atoms with Crippen molar-refractivity contribution >= 4 is 23.6 Å². The number of hydrogen-bond acceptors (Lipinski definition) is 5. The summed E-state index contributed by atoms with van der Waals surface area (Å²) in [6.07, 6.45) is -1.13. The Morgan fingerprint density at radius 3 is 2.78 bits per heavy atom. The van der Waals surface area contributed by atoms with Gasteiger partial charge >= 0.3 is 6.18 Å². The number of pyridine rings is 1. The minimum atomic E-state index is -4.42. The molecule has 0 aromatic carbocycles. The van der Waals surface area contributed by atoms with Crippen molar-refractivity contribution < 1.29 is 22.8 Å². The lowest BCUT2D eigenvalue weighted by atomic mass is 9.97. The topological polar surface area (TPSA) is 88.3 Å². The van der Waals surface area contributed by atoms with Gasteiger partial charge in [-0.2, -0.15) is 13.2 Å². The van der Waals surface area contributed by atoms with E-state index in [0.29, 0.717) is 18.1 Å². The normalized spacial score (nSPS) is 18.3. The number of primary amides is 1. The molecule has 1 saturated heterocycles. The Morgan fingerprint density at radius 1 is 1.37 bits per heavy atom. The molecule has 2 heterocycles. The molecule has 0 aliphatic carbocycles. The van der Waals surface area contributed by atoms with Crippen molar-refractivity contribution in [2.45, 2.75) is 30.5 Å². The van der Waals surface area contributed by atoms with E-state index in [4.69, 9.17) is 5.73 Å². The molecule has 1 atom stereocenters. The molecule has 0 bridgehead atoms. The van der Waals surface area contributed by atoms with Gasteiger partial charge in [0.05, 0.1) is 22.3 Å². The van der Waals surface area contributed by atoms with Gasteiger partial charge in [0.25, 0.3) is 0 Å². The maximum absolute atomic E-state index is 12.5. The molecular weight excluding hydrogens is 381 g/mol. The van der Waals surface area contributed by atoms with Crippen molar-refractivity contribution in [1.29, 1.82) is 0 Å². The zero-order valence-electron chi connectivity index (χ0n) is 14.8. The molecule has 1 aliphatic rings. The molecule has 1 fully saturated rings. The van der Waals surface area contributed by atoms with Crippen LogP contribution in [0.3, 0.4) is 0 Å². The number of piperidine rings is 1. The summed E-state index contributed by atoms with van der Waals surface area (Å²) in [4.78, 5) is 29.0. The van der Waals surface area contributed by atoms with Crippen LogP contribution in [0.5, 0.6) is 0 Å². The smallest absolute Gasteiger partial charge is 0.369 e. The van der Waals surface area contributed by atoms with Crippen molar-refractivity contribution in [3.05, 3.63) is 23.9 Å². The Labute approximate surface area is 160 Å². The first-order chi connectivity index (χ1) is 12.8. The summed E-state index contributed by atoms with van der Waals surface area (Å²) in [6.45, 7) is 2.86. The number of nitrogens with zero attached hydrogens (tertiary/aromatic N) is 2. The molecule has 1 aliphatic heterocycles. The van der Waals surface area contributed by atoms with Crippen molar-refractivity contribution in [2.75, 3.05) is 31.9 Å². The molecule has 6 nitrogen and oxygen atoms in total. The highest BCUT2D eigenvalue weighted by atomic mass is 32.2. The number of halogens is 3. The lowest BCUT2D eigenvalue weighted by Crippen LogP contribution is -2.42. The minimum Gasteiger partial charge on any atom is -0.369 e. The molecule has 0 spiro atoms. The summed E-state index contributed by atoms with van der Waals surface area (Å²) in [7, 11) is 0. The van der Waals surface area contributed by atoms with Crippen molar-refractivity contribution in [1.82, 2.24) is 15.2 Å². The van der Waals surface area contributed by atoms with E-state index in [1.165, 1.54) is 6.07 Å². The second kappa shape index (κ2) is 9.93. The molecule has 1 aromatic heterocycles. The lowest BCUT2D eigenvalue weighted by molar-refractivity contribution is -0.138. The third-order valence-electron chi connectivity index (χ3n) is 4.30. The molecule has 1 aromatic rings. The van der Waals surface area contributed by atoms with E-state index >= 15 is 0 Å². The van der Waals surface area contributed by atoms with Crippen LogP contribution in [0.1, 0.15) is 24.8 Å². The number of carbonyl (C=O) groups is 2. The van der Waals surface area contributed by atoms with Crippen LogP contribution in [0.2, 0.25) is 0 Å². The van der Waals surface area contributed by atoms with Gasteiger partial charge in [0.2, 0.25) is 11.8 Å². The van der Waals surface area contributed by atoms with Crippen molar-refractivity contribution in [2.24, 2.45) is 11.7 Å². The van der Waals surface area contributed by atoms with E-state index in [0.717, 1.165) is 56.4 Å². The molecule has 0 radical (unpaired) electrons. The summed E-state index contributed by atoms with van der Waals surface area (Å²) in [6, 6.07) is 2.21. The summed E-state index contributed by atoms with van der Waals surface area (Å²) in [5, 5.41) is 3.14. The van der Waals surface area contributed by atoms with Crippen LogP contribution in [0.4, 0.5) is 13.2 Å². The molecule has 2 amide bonds. The Kier molecular flexibility index (Phi) is 7.91. The highest BCUT2D eigenvalue weighted by Crippen LogP contribution is 2.29. The third-order valence-corrected chi connectivity index (χ3v) is 5.24. The van der Waals surface area contributed by atoms with E-state index in [2.05, 4.69) is 15.2 Å². The number of thioether (sulfide) groups is 1.